The standard InChI is InChI=1S/C30H39BrN2O/c1-28-13-10-22(33(3)27(34)19-4-7-21(31)8-5-19)16-20(28)6-9-23-24(28)11-15-30-18-32(2)26-17-29(26,30)14-12-25(23)30/h4-8,22-26H,9-18H2,1-3H3/t22-,23+,24?,25-,26-,28-,29-,30+/m0/s1. The van der Waals surface area contributed by atoms with Crippen molar-refractivity contribution in [3.63, 3.8) is 0 Å². The van der Waals surface area contributed by atoms with Crippen molar-refractivity contribution in [1.29, 1.82) is 0 Å². The van der Waals surface area contributed by atoms with Gasteiger partial charge in [0, 0.05) is 35.7 Å². The number of benzene rings is 1. The zero-order chi connectivity index (χ0) is 23.5. The molecule has 3 nitrogen and oxygen atoms in total. The number of amides is 1. The molecule has 7 rings (SSSR count). The van der Waals surface area contributed by atoms with Crippen LogP contribution in [-0.2, 0) is 0 Å². The first-order chi connectivity index (χ1) is 16.3. The van der Waals surface area contributed by atoms with Gasteiger partial charge in [-0.2, -0.15) is 0 Å². The van der Waals surface area contributed by atoms with Crippen molar-refractivity contribution in [2.75, 3.05) is 20.6 Å². The maximum Gasteiger partial charge on any atom is 0.253 e. The van der Waals surface area contributed by atoms with E-state index in [0.717, 1.165) is 46.7 Å². The van der Waals surface area contributed by atoms with Crippen LogP contribution in [0.25, 0.3) is 0 Å². The first-order valence-electron chi connectivity index (χ1n) is 13.7. The lowest BCUT2D eigenvalue weighted by atomic mass is 9.46. The van der Waals surface area contributed by atoms with E-state index in [-0.39, 0.29) is 5.91 Å². The minimum Gasteiger partial charge on any atom is -0.338 e. The summed E-state index contributed by atoms with van der Waals surface area (Å²) in [6.45, 7) is 3.98. The van der Waals surface area contributed by atoms with E-state index in [1.54, 1.807) is 5.57 Å². The van der Waals surface area contributed by atoms with Gasteiger partial charge in [-0.3, -0.25) is 4.79 Å². The second-order valence-electron chi connectivity index (χ2n) is 13.1. The molecule has 2 spiro atoms. The number of hydrogen-bond acceptors (Lipinski definition) is 2. The highest BCUT2D eigenvalue weighted by molar-refractivity contribution is 9.10. The summed E-state index contributed by atoms with van der Waals surface area (Å²) in [6.07, 6.45) is 14.8. The summed E-state index contributed by atoms with van der Waals surface area (Å²) in [5.41, 5.74) is 4.17. The highest BCUT2D eigenvalue weighted by atomic mass is 79.9. The van der Waals surface area contributed by atoms with Crippen molar-refractivity contribution < 1.29 is 4.79 Å². The van der Waals surface area contributed by atoms with E-state index in [1.165, 1.54) is 51.5 Å². The Bertz CT molecular complexity index is 1070. The highest BCUT2D eigenvalue weighted by Crippen LogP contribution is 2.80. The van der Waals surface area contributed by atoms with Crippen LogP contribution in [0.1, 0.15) is 75.1 Å². The predicted octanol–water partition coefficient (Wildman–Crippen LogP) is 6.54. The molecule has 5 aliphatic carbocycles. The quantitative estimate of drug-likeness (QED) is 0.411. The zero-order valence-corrected chi connectivity index (χ0v) is 22.6. The van der Waals surface area contributed by atoms with E-state index in [4.69, 9.17) is 0 Å². The van der Waals surface area contributed by atoms with Crippen LogP contribution in [0.3, 0.4) is 0 Å². The topological polar surface area (TPSA) is 23.6 Å². The van der Waals surface area contributed by atoms with Crippen LogP contribution in [0, 0.1) is 34.0 Å². The van der Waals surface area contributed by atoms with Crippen LogP contribution in [0.15, 0.2) is 40.4 Å². The lowest BCUT2D eigenvalue weighted by Crippen LogP contribution is -2.53. The first kappa shape index (κ1) is 22.1. The Hall–Kier alpha value is -1.13. The molecule has 34 heavy (non-hydrogen) atoms. The molecule has 1 aromatic rings. The molecule has 5 fully saturated rings. The van der Waals surface area contributed by atoms with Gasteiger partial charge in [-0.25, -0.2) is 0 Å². The fourth-order valence-corrected chi connectivity index (χ4v) is 10.8. The molecular weight excluding hydrogens is 484 g/mol. The summed E-state index contributed by atoms with van der Waals surface area (Å²) in [5, 5.41) is 0. The average molecular weight is 524 g/mol. The van der Waals surface area contributed by atoms with Crippen molar-refractivity contribution in [2.45, 2.75) is 76.8 Å². The van der Waals surface area contributed by atoms with Gasteiger partial charge in [0.15, 0.2) is 0 Å². The van der Waals surface area contributed by atoms with Gasteiger partial charge < -0.3 is 9.80 Å². The van der Waals surface area contributed by atoms with E-state index >= 15 is 0 Å². The van der Waals surface area contributed by atoms with Crippen LogP contribution < -0.4 is 0 Å². The number of allylic oxidation sites excluding steroid dienone is 1. The Kier molecular flexibility index (Phi) is 4.69. The number of rotatable bonds is 2. The molecule has 6 aliphatic rings. The van der Waals surface area contributed by atoms with Gasteiger partial charge in [0.25, 0.3) is 5.91 Å². The van der Waals surface area contributed by atoms with Crippen LogP contribution in [-0.4, -0.2) is 48.4 Å². The van der Waals surface area contributed by atoms with Gasteiger partial charge in [0.2, 0.25) is 0 Å². The van der Waals surface area contributed by atoms with Crippen LogP contribution >= 0.6 is 15.9 Å². The molecule has 182 valence electrons. The number of piperidine rings is 1. The number of fused-ring (bicyclic) bond motifs is 4. The van der Waals surface area contributed by atoms with Gasteiger partial charge in [0.05, 0.1) is 0 Å². The molecule has 4 heteroatoms. The van der Waals surface area contributed by atoms with Crippen LogP contribution in [0.2, 0.25) is 0 Å². The highest BCUT2D eigenvalue weighted by Gasteiger charge is 2.78. The minimum absolute atomic E-state index is 0.163. The molecule has 1 unspecified atom stereocenters. The van der Waals surface area contributed by atoms with Gasteiger partial charge in [-0.1, -0.05) is 34.5 Å². The van der Waals surface area contributed by atoms with E-state index in [0.29, 0.717) is 22.3 Å². The minimum atomic E-state index is 0.163. The van der Waals surface area contributed by atoms with Gasteiger partial charge in [-0.05, 0) is 123 Å². The molecule has 1 heterocycles. The number of carbonyl (C=O) groups is 1. The second-order valence-corrected chi connectivity index (χ2v) is 14.0. The van der Waals surface area contributed by atoms with E-state index in [1.807, 2.05) is 36.2 Å². The number of hydrogen-bond donors (Lipinski definition) is 0. The SMILES string of the molecule is CN1C[C@]23CCC4[C@@H](CC=C5C[C@@H](N(C)C(=O)c6ccc(Br)cc6)CC[C@@]54C)[C@@H]2CC[C@@]32C[C@H]12. The Morgan fingerprint density at radius 3 is 2.56 bits per heavy atom. The number of nitrogens with zero attached hydrogens (tertiary/aromatic N) is 2. The molecule has 1 aliphatic heterocycles. The van der Waals surface area contributed by atoms with Crippen LogP contribution in [0.5, 0.6) is 0 Å². The summed E-state index contributed by atoms with van der Waals surface area (Å²) >= 11 is 3.48. The first-order valence-corrected chi connectivity index (χ1v) is 14.5. The van der Waals surface area contributed by atoms with E-state index in [2.05, 4.69) is 40.9 Å². The molecule has 4 saturated carbocycles. The Morgan fingerprint density at radius 1 is 1.06 bits per heavy atom. The summed E-state index contributed by atoms with van der Waals surface area (Å²) < 4.78 is 1.02. The van der Waals surface area contributed by atoms with Crippen molar-refractivity contribution >= 4 is 21.8 Å². The lowest BCUT2D eigenvalue weighted by Gasteiger charge is -2.59. The molecule has 0 N–H and O–H groups in total. The molecule has 8 atom stereocenters. The van der Waals surface area contributed by atoms with Crippen molar-refractivity contribution in [3.8, 4) is 0 Å². The van der Waals surface area contributed by atoms with E-state index < -0.39 is 0 Å². The monoisotopic (exact) mass is 522 g/mol. The second kappa shape index (κ2) is 7.22. The molecule has 1 aromatic carbocycles. The molecule has 0 aromatic heterocycles. The summed E-state index contributed by atoms with van der Waals surface area (Å²) in [7, 11) is 4.43. The predicted molar refractivity (Wildman–Crippen MR) is 140 cm³/mol. The Morgan fingerprint density at radius 2 is 1.79 bits per heavy atom. The summed E-state index contributed by atoms with van der Waals surface area (Å²) in [4.78, 5) is 18.0. The fourth-order valence-electron chi connectivity index (χ4n) is 10.5. The third kappa shape index (κ3) is 2.71. The van der Waals surface area contributed by atoms with Gasteiger partial charge in [-0.15, -0.1) is 0 Å². The normalized spacial score (nSPS) is 46.5. The molecule has 1 saturated heterocycles. The smallest absolute Gasteiger partial charge is 0.253 e. The average Bonchev–Trinajstić information content (AvgIpc) is 3.42. The fraction of sp³-hybridized carbons (Fsp3) is 0.700. The Balaban J connectivity index is 1.12. The maximum atomic E-state index is 13.2. The molecule has 0 radical (unpaired) electrons. The van der Waals surface area contributed by atoms with Gasteiger partial charge >= 0.3 is 0 Å². The van der Waals surface area contributed by atoms with Gasteiger partial charge in [0.1, 0.15) is 0 Å². The largest absolute Gasteiger partial charge is 0.338 e. The lowest BCUT2D eigenvalue weighted by molar-refractivity contribution is -0.0538. The molecule has 0 bridgehead atoms. The third-order valence-electron chi connectivity index (χ3n) is 12.2. The number of carbonyl (C=O) groups excluding carboxylic acids is 1. The molecular formula is C30H39BrN2O. The van der Waals surface area contributed by atoms with Crippen LogP contribution in [0.4, 0.5) is 0 Å². The zero-order valence-electron chi connectivity index (χ0n) is 21.0. The maximum absolute atomic E-state index is 13.2. The van der Waals surface area contributed by atoms with E-state index in [9.17, 15) is 4.79 Å². The molecule has 1 amide bonds. The van der Waals surface area contributed by atoms with Crippen molar-refractivity contribution in [1.82, 2.24) is 9.80 Å². The number of halogens is 1. The Labute approximate surface area is 213 Å². The number of likely N-dealkylation sites (tertiary alicyclic amines) is 1. The van der Waals surface area contributed by atoms with Crippen molar-refractivity contribution in [3.05, 3.63) is 46.0 Å². The summed E-state index contributed by atoms with van der Waals surface area (Å²) in [6, 6.07) is 9.06. The third-order valence-corrected chi connectivity index (χ3v) is 12.8. The summed E-state index contributed by atoms with van der Waals surface area (Å²) in [5.74, 6) is 2.87. The van der Waals surface area contributed by atoms with Crippen molar-refractivity contribution in [2.24, 2.45) is 34.0 Å².